The molecule has 4 N–H and O–H groups in total. The van der Waals surface area contributed by atoms with Gasteiger partial charge in [0.05, 0.1) is 6.04 Å². The van der Waals surface area contributed by atoms with Gasteiger partial charge in [-0.1, -0.05) is 87.7 Å². The number of carbonyl (C=O) groups excluding carboxylic acids is 5. The van der Waals surface area contributed by atoms with Crippen molar-refractivity contribution in [2.45, 2.75) is 95.4 Å². The van der Waals surface area contributed by atoms with Gasteiger partial charge in [-0.05, 0) is 55.4 Å². The smallest absolute Gasteiger partial charge is 0.408 e. The molecule has 11 heteroatoms. The van der Waals surface area contributed by atoms with Crippen LogP contribution in [-0.2, 0) is 29.3 Å². The van der Waals surface area contributed by atoms with Crippen molar-refractivity contribution in [3.05, 3.63) is 70.7 Å². The monoisotopic (exact) mass is 638 g/mol. The Bertz CT molecular complexity index is 1380. The molecule has 2 aromatic carbocycles. The molecular weight excluding hydrogens is 596 g/mol. The highest BCUT2D eigenvalue weighted by molar-refractivity contribution is 6.38. The lowest BCUT2D eigenvalue weighted by Crippen LogP contribution is -2.55. The van der Waals surface area contributed by atoms with Crippen molar-refractivity contribution >= 4 is 41.2 Å². The van der Waals surface area contributed by atoms with E-state index in [-0.39, 0.29) is 24.8 Å². The highest BCUT2D eigenvalue weighted by atomic mass is 35.5. The summed E-state index contributed by atoms with van der Waals surface area (Å²) in [5, 5.41) is 11.4. The van der Waals surface area contributed by atoms with E-state index in [4.69, 9.17) is 16.3 Å². The number of ketones is 1. The molecule has 0 radical (unpaired) electrons. The molecule has 1 heterocycles. The Morgan fingerprint density at radius 2 is 1.73 bits per heavy atom. The fourth-order valence-corrected chi connectivity index (χ4v) is 5.75. The van der Waals surface area contributed by atoms with Crippen LogP contribution in [-0.4, -0.2) is 54.3 Å². The minimum Gasteiger partial charge on any atom is -0.440 e. The average molecular weight is 639 g/mol. The van der Waals surface area contributed by atoms with Crippen molar-refractivity contribution in [3.63, 3.8) is 0 Å². The second kappa shape index (κ2) is 15.4. The van der Waals surface area contributed by atoms with Gasteiger partial charge in [-0.25, -0.2) is 4.79 Å². The second-order valence-corrected chi connectivity index (χ2v) is 12.9. The van der Waals surface area contributed by atoms with E-state index < -0.39 is 53.2 Å². The van der Waals surface area contributed by atoms with Crippen LogP contribution >= 0.6 is 11.6 Å². The predicted molar refractivity (Wildman–Crippen MR) is 170 cm³/mol. The van der Waals surface area contributed by atoms with Crippen LogP contribution in [0.25, 0.3) is 0 Å². The molecule has 242 valence electrons. The van der Waals surface area contributed by atoms with E-state index >= 15 is 0 Å². The van der Waals surface area contributed by atoms with Gasteiger partial charge in [-0.2, -0.15) is 0 Å². The zero-order valence-electron chi connectivity index (χ0n) is 26.1. The van der Waals surface area contributed by atoms with Gasteiger partial charge in [0.25, 0.3) is 5.91 Å². The summed E-state index contributed by atoms with van der Waals surface area (Å²) in [5.74, 6) is -2.95. The van der Waals surface area contributed by atoms with E-state index in [1.807, 2.05) is 69.3 Å². The number of hydrogen-bond acceptors (Lipinski definition) is 6. The van der Waals surface area contributed by atoms with Crippen LogP contribution in [0.2, 0.25) is 5.02 Å². The van der Waals surface area contributed by atoms with Crippen LogP contribution in [0.15, 0.2) is 54.6 Å². The second-order valence-electron chi connectivity index (χ2n) is 12.5. The van der Waals surface area contributed by atoms with Gasteiger partial charge in [0, 0.05) is 28.9 Å². The van der Waals surface area contributed by atoms with Crippen molar-refractivity contribution in [1.82, 2.24) is 21.3 Å². The maximum absolute atomic E-state index is 13.6. The van der Waals surface area contributed by atoms with Crippen molar-refractivity contribution in [2.24, 2.45) is 5.92 Å². The Kier molecular flexibility index (Phi) is 11.6. The van der Waals surface area contributed by atoms with Crippen LogP contribution in [0.4, 0.5) is 4.79 Å². The predicted octanol–water partition coefficient (Wildman–Crippen LogP) is 4.50. The summed E-state index contributed by atoms with van der Waals surface area (Å²) in [4.78, 5) is 65.3. The molecule has 2 unspecified atom stereocenters. The molecule has 2 aliphatic rings. The van der Waals surface area contributed by atoms with Crippen LogP contribution in [0, 0.1) is 5.92 Å². The molecule has 4 amide bonds. The Hall–Kier alpha value is -3.92. The zero-order chi connectivity index (χ0) is 32.6. The molecule has 4 rings (SSSR count). The highest BCUT2D eigenvalue weighted by Crippen LogP contribution is 2.40. The fourth-order valence-electron chi connectivity index (χ4n) is 5.56. The summed E-state index contributed by atoms with van der Waals surface area (Å²) >= 11 is 6.30. The maximum Gasteiger partial charge on any atom is 0.408 e. The quantitative estimate of drug-likeness (QED) is 0.212. The summed E-state index contributed by atoms with van der Waals surface area (Å²) in [6.07, 6.45) is 2.18. The van der Waals surface area contributed by atoms with Gasteiger partial charge >= 0.3 is 6.09 Å². The average Bonchev–Trinajstić information content (AvgIpc) is 3.75. The Balaban J connectivity index is 1.52. The summed E-state index contributed by atoms with van der Waals surface area (Å²) in [7, 11) is 0. The van der Waals surface area contributed by atoms with E-state index in [9.17, 15) is 24.0 Å². The molecule has 1 aliphatic heterocycles. The normalized spacial score (nSPS) is 18.2. The number of carbonyl (C=O) groups is 5. The van der Waals surface area contributed by atoms with E-state index in [1.54, 1.807) is 6.07 Å². The third-order valence-corrected chi connectivity index (χ3v) is 8.69. The fraction of sp³-hybridized carbons (Fsp3) is 0.500. The molecule has 2 aromatic rings. The first kappa shape index (κ1) is 34.0. The van der Waals surface area contributed by atoms with Crippen LogP contribution in [0.1, 0.15) is 82.9 Å². The lowest BCUT2D eigenvalue weighted by Gasteiger charge is -2.35. The first-order valence-corrected chi connectivity index (χ1v) is 16.1. The molecule has 2 fully saturated rings. The van der Waals surface area contributed by atoms with E-state index in [2.05, 4.69) is 21.3 Å². The van der Waals surface area contributed by atoms with E-state index in [0.717, 1.165) is 30.4 Å². The first-order chi connectivity index (χ1) is 21.5. The molecule has 10 nitrogen and oxygen atoms in total. The van der Waals surface area contributed by atoms with Crippen LogP contribution < -0.4 is 21.3 Å². The molecule has 1 aliphatic carbocycles. The third-order valence-electron chi connectivity index (χ3n) is 8.46. The summed E-state index contributed by atoms with van der Waals surface area (Å²) in [6, 6.07) is 14.4. The van der Waals surface area contributed by atoms with Crippen molar-refractivity contribution in [3.8, 4) is 0 Å². The largest absolute Gasteiger partial charge is 0.440 e. The summed E-state index contributed by atoms with van der Waals surface area (Å²) in [6.45, 7) is 6.33. The van der Waals surface area contributed by atoms with Crippen molar-refractivity contribution < 1.29 is 28.7 Å². The number of unbranched alkanes of at least 4 members (excludes halogenated alkanes) is 1. The highest BCUT2D eigenvalue weighted by Gasteiger charge is 2.39. The molecule has 1 saturated heterocycles. The number of Topliss-reactive ketones (excluding diaryl/α,β-unsaturated/α-hetero) is 1. The van der Waals surface area contributed by atoms with Gasteiger partial charge < -0.3 is 26.0 Å². The van der Waals surface area contributed by atoms with E-state index in [0.29, 0.717) is 24.4 Å². The standard InChI is InChI=1S/C34H43ClN4O6/c1-4-5-14-26(31(42)38-27(19-22-17-18-36-30(22)41)28(40)32(43)37-25-15-16-25)39-33(44)45-29(21-10-7-6-8-11-21)34(2,3)23-12-9-13-24(35)20-23/h6-13,20,22,25-27,29H,4-5,14-19H2,1-3H3,(H,36,41)(H,37,43)(H,38,42)(H,39,44)/t22?,26-,27-,29?/m0/s1. The summed E-state index contributed by atoms with van der Waals surface area (Å²) < 4.78 is 6.06. The molecule has 0 bridgehead atoms. The number of ether oxygens (including phenoxy) is 1. The Morgan fingerprint density at radius 3 is 2.36 bits per heavy atom. The van der Waals surface area contributed by atoms with Gasteiger partial charge in [0.15, 0.2) is 0 Å². The molecular formula is C34H43ClN4O6. The van der Waals surface area contributed by atoms with Gasteiger partial charge in [-0.15, -0.1) is 0 Å². The number of rotatable bonds is 15. The minimum absolute atomic E-state index is 0.0106. The topological polar surface area (TPSA) is 143 Å². The maximum atomic E-state index is 13.6. The number of hydrogen-bond donors (Lipinski definition) is 4. The number of nitrogens with one attached hydrogen (secondary N) is 4. The first-order valence-electron chi connectivity index (χ1n) is 15.7. The van der Waals surface area contributed by atoms with E-state index in [1.165, 1.54) is 0 Å². The molecule has 4 atom stereocenters. The number of halogens is 1. The van der Waals surface area contributed by atoms with Crippen LogP contribution in [0.5, 0.6) is 0 Å². The molecule has 1 saturated carbocycles. The minimum atomic E-state index is -1.22. The van der Waals surface area contributed by atoms with Crippen LogP contribution in [0.3, 0.4) is 0 Å². The third kappa shape index (κ3) is 9.29. The van der Waals surface area contributed by atoms with Gasteiger partial charge in [0.1, 0.15) is 12.1 Å². The lowest BCUT2D eigenvalue weighted by atomic mass is 9.76. The number of benzene rings is 2. The van der Waals surface area contributed by atoms with Crippen molar-refractivity contribution in [1.29, 1.82) is 0 Å². The zero-order valence-corrected chi connectivity index (χ0v) is 26.8. The van der Waals surface area contributed by atoms with Gasteiger partial charge in [0.2, 0.25) is 17.6 Å². The molecule has 0 spiro atoms. The lowest BCUT2D eigenvalue weighted by molar-refractivity contribution is -0.141. The SMILES string of the molecule is CCCC[C@H](NC(=O)OC(c1ccccc1)C(C)(C)c1cccc(Cl)c1)C(=O)N[C@@H](CC1CCNC1=O)C(=O)C(=O)NC1CC1. The van der Waals surface area contributed by atoms with Gasteiger partial charge in [-0.3, -0.25) is 19.2 Å². The summed E-state index contributed by atoms with van der Waals surface area (Å²) in [5.41, 5.74) is 0.909. The number of amides is 4. The Labute approximate surface area is 269 Å². The Morgan fingerprint density at radius 1 is 1.00 bits per heavy atom. The molecule has 0 aromatic heterocycles. The molecule has 45 heavy (non-hydrogen) atoms. The van der Waals surface area contributed by atoms with Crippen molar-refractivity contribution in [2.75, 3.05) is 6.54 Å². The number of alkyl carbamates (subject to hydrolysis) is 1.